The molecular formula is C48H32BNOSi. The molecule has 3 heterocycles. The normalized spacial score (nSPS) is 14.0. The zero-order valence-corrected chi connectivity index (χ0v) is 29.4. The Morgan fingerprint density at radius 1 is 0.404 bits per heavy atom. The molecule has 0 N–H and O–H groups in total. The van der Waals surface area contributed by atoms with Crippen molar-refractivity contribution in [1.29, 1.82) is 0 Å². The van der Waals surface area contributed by atoms with Gasteiger partial charge in [0, 0.05) is 16.9 Å². The largest absolute Gasteiger partial charge is 0.458 e. The summed E-state index contributed by atoms with van der Waals surface area (Å²) in [6.45, 7) is 0.0125. The van der Waals surface area contributed by atoms with Crippen LogP contribution < -0.4 is 46.8 Å². The quantitative estimate of drug-likeness (QED) is 0.184. The van der Waals surface area contributed by atoms with Crippen molar-refractivity contribution >= 4 is 69.0 Å². The fourth-order valence-corrected chi connectivity index (χ4v) is 14.6. The highest BCUT2D eigenvalue weighted by Crippen LogP contribution is 2.45. The molecule has 3 aliphatic rings. The molecule has 0 fully saturated rings. The number of fused-ring (bicyclic) bond motifs is 7. The summed E-state index contributed by atoms with van der Waals surface area (Å²) >= 11 is 0. The van der Waals surface area contributed by atoms with E-state index in [1.165, 1.54) is 65.1 Å². The van der Waals surface area contributed by atoms with Gasteiger partial charge >= 0.3 is 0 Å². The molecule has 4 heteroatoms. The van der Waals surface area contributed by atoms with E-state index in [4.69, 9.17) is 4.74 Å². The highest BCUT2D eigenvalue weighted by Gasteiger charge is 2.51. The third kappa shape index (κ3) is 4.01. The van der Waals surface area contributed by atoms with Gasteiger partial charge in [0.2, 0.25) is 0 Å². The number of nitrogens with zero attached hydrogens (tertiary/aromatic N) is 1. The molecule has 0 atom stereocenters. The molecule has 52 heavy (non-hydrogen) atoms. The summed E-state index contributed by atoms with van der Waals surface area (Å²) in [6.07, 6.45) is 0. The van der Waals surface area contributed by atoms with Crippen LogP contribution in [0.3, 0.4) is 0 Å². The van der Waals surface area contributed by atoms with E-state index in [9.17, 15) is 0 Å². The average Bonchev–Trinajstić information content (AvgIpc) is 3.51. The Morgan fingerprint density at radius 3 is 1.77 bits per heavy atom. The van der Waals surface area contributed by atoms with Crippen LogP contribution in [0.4, 0.5) is 17.1 Å². The van der Waals surface area contributed by atoms with Crippen LogP contribution in [0.15, 0.2) is 194 Å². The molecule has 2 nitrogen and oxygen atoms in total. The summed E-state index contributed by atoms with van der Waals surface area (Å²) in [4.78, 5) is 2.51. The van der Waals surface area contributed by atoms with Gasteiger partial charge in [0.15, 0.2) is 8.07 Å². The second-order valence-electron chi connectivity index (χ2n) is 14.0. The molecule has 11 rings (SSSR count). The van der Waals surface area contributed by atoms with Crippen LogP contribution in [0, 0.1) is 0 Å². The van der Waals surface area contributed by atoms with Crippen molar-refractivity contribution in [3.8, 4) is 33.8 Å². The molecule has 3 aliphatic heterocycles. The van der Waals surface area contributed by atoms with Gasteiger partial charge in [-0.1, -0.05) is 164 Å². The maximum Gasteiger partial charge on any atom is 0.256 e. The smallest absolute Gasteiger partial charge is 0.256 e. The monoisotopic (exact) mass is 677 g/mol. The van der Waals surface area contributed by atoms with Crippen LogP contribution in [0.2, 0.25) is 0 Å². The fourth-order valence-electron chi connectivity index (χ4n) is 9.35. The average molecular weight is 678 g/mol. The summed E-state index contributed by atoms with van der Waals surface area (Å²) in [7, 11) is -2.72. The standard InChI is InChI=1S/C48H32BNOSi/c1-4-17-33(18-5-1)36-23-10-13-26-41(36)50-42-27-16-29-45-48(42)49(39-25-12-14-28-44(39)51-45)40-32-47-38(31-43(40)50)37-24-11-15-30-46(37)52(47,34-19-6-2-7-20-34)35-21-8-3-9-22-35/h1-32H. The van der Waals surface area contributed by atoms with Crippen LogP contribution >= 0.6 is 0 Å². The SMILES string of the molecule is c1ccc(-c2ccccc2N2c3cc4c(cc3B3c5ccccc5Oc5cccc2c53)[Si](c2ccccc2)(c2ccccc2)c2ccccc2-4)cc1. The van der Waals surface area contributed by atoms with E-state index in [0.717, 1.165) is 22.9 Å². The minimum atomic E-state index is -2.72. The number of ether oxygens (including phenoxy) is 1. The fraction of sp³-hybridized carbons (Fsp3) is 0. The molecule has 0 saturated carbocycles. The number of hydrogen-bond acceptors (Lipinski definition) is 2. The minimum Gasteiger partial charge on any atom is -0.458 e. The molecule has 0 spiro atoms. The van der Waals surface area contributed by atoms with Gasteiger partial charge in [-0.2, -0.15) is 0 Å². The van der Waals surface area contributed by atoms with E-state index < -0.39 is 8.07 Å². The number of para-hydroxylation sites is 2. The van der Waals surface area contributed by atoms with Gasteiger partial charge in [0.25, 0.3) is 6.71 Å². The molecule has 0 unspecified atom stereocenters. The van der Waals surface area contributed by atoms with Gasteiger partial charge in [0.05, 0.1) is 5.69 Å². The van der Waals surface area contributed by atoms with Gasteiger partial charge in [-0.05, 0) is 84.2 Å². The Morgan fingerprint density at radius 2 is 1.00 bits per heavy atom. The van der Waals surface area contributed by atoms with Gasteiger partial charge in [-0.3, -0.25) is 0 Å². The van der Waals surface area contributed by atoms with E-state index in [-0.39, 0.29) is 6.71 Å². The molecule has 0 aromatic heterocycles. The van der Waals surface area contributed by atoms with Crippen molar-refractivity contribution in [3.05, 3.63) is 194 Å². The third-order valence-corrected chi connectivity index (χ3v) is 16.3. The molecule has 8 aromatic carbocycles. The van der Waals surface area contributed by atoms with E-state index in [1.54, 1.807) is 0 Å². The van der Waals surface area contributed by atoms with Crippen LogP contribution in [0.25, 0.3) is 22.3 Å². The highest BCUT2D eigenvalue weighted by atomic mass is 28.3. The van der Waals surface area contributed by atoms with E-state index >= 15 is 0 Å². The molecular weight excluding hydrogens is 645 g/mol. The van der Waals surface area contributed by atoms with Crippen molar-refractivity contribution in [2.24, 2.45) is 0 Å². The van der Waals surface area contributed by atoms with Gasteiger partial charge < -0.3 is 9.64 Å². The number of rotatable bonds is 4. The van der Waals surface area contributed by atoms with Crippen LogP contribution in [0.1, 0.15) is 0 Å². The number of anilines is 3. The topological polar surface area (TPSA) is 12.5 Å². The summed E-state index contributed by atoms with van der Waals surface area (Å²) in [5.41, 5.74) is 12.3. The summed E-state index contributed by atoms with van der Waals surface area (Å²) in [6, 6.07) is 71.7. The molecule has 8 aromatic rings. The predicted molar refractivity (Wildman–Crippen MR) is 220 cm³/mol. The van der Waals surface area contributed by atoms with Crippen LogP contribution in [0.5, 0.6) is 11.5 Å². The molecule has 0 saturated heterocycles. The lowest BCUT2D eigenvalue weighted by molar-refractivity contribution is 0.487. The first-order chi connectivity index (χ1) is 25.8. The molecule has 0 aliphatic carbocycles. The zero-order valence-electron chi connectivity index (χ0n) is 28.4. The molecule has 0 amide bonds. The first-order valence-corrected chi connectivity index (χ1v) is 20.1. The Bertz CT molecular complexity index is 2640. The molecule has 0 bridgehead atoms. The second-order valence-corrected chi connectivity index (χ2v) is 17.7. The summed E-state index contributed by atoms with van der Waals surface area (Å²) in [5.74, 6) is 1.85. The maximum atomic E-state index is 6.74. The first kappa shape index (κ1) is 29.4. The van der Waals surface area contributed by atoms with Crippen LogP contribution in [-0.4, -0.2) is 14.8 Å². The molecule has 242 valence electrons. The Kier molecular flexibility index (Phi) is 6.40. The Balaban J connectivity index is 1.28. The third-order valence-electron chi connectivity index (χ3n) is 11.4. The second kappa shape index (κ2) is 11.3. The van der Waals surface area contributed by atoms with Crippen LogP contribution in [-0.2, 0) is 0 Å². The van der Waals surface area contributed by atoms with Crippen molar-refractivity contribution in [3.63, 3.8) is 0 Å². The van der Waals surface area contributed by atoms with Gasteiger partial charge in [-0.25, -0.2) is 0 Å². The zero-order chi connectivity index (χ0) is 34.2. The van der Waals surface area contributed by atoms with Gasteiger partial charge in [-0.15, -0.1) is 0 Å². The number of benzene rings is 8. The highest BCUT2D eigenvalue weighted by molar-refractivity contribution is 7.22. The number of hydrogen-bond donors (Lipinski definition) is 0. The lowest BCUT2D eigenvalue weighted by Crippen LogP contribution is -2.73. The van der Waals surface area contributed by atoms with E-state index in [1.807, 2.05) is 0 Å². The first-order valence-electron chi connectivity index (χ1n) is 18.1. The van der Waals surface area contributed by atoms with Crippen molar-refractivity contribution in [2.75, 3.05) is 4.90 Å². The predicted octanol–water partition coefficient (Wildman–Crippen LogP) is 7.12. The summed E-state index contributed by atoms with van der Waals surface area (Å²) in [5, 5.41) is 5.71. The molecule has 0 radical (unpaired) electrons. The Hall–Kier alpha value is -6.36. The minimum absolute atomic E-state index is 0.0125. The van der Waals surface area contributed by atoms with E-state index in [0.29, 0.717) is 0 Å². The summed E-state index contributed by atoms with van der Waals surface area (Å²) < 4.78 is 6.74. The lowest BCUT2D eigenvalue weighted by atomic mass is 9.34. The van der Waals surface area contributed by atoms with Gasteiger partial charge in [0.1, 0.15) is 11.5 Å². The Labute approximate surface area is 305 Å². The lowest BCUT2D eigenvalue weighted by Gasteiger charge is -2.41. The van der Waals surface area contributed by atoms with E-state index in [2.05, 4.69) is 199 Å². The maximum absolute atomic E-state index is 6.74. The van der Waals surface area contributed by atoms with Crippen molar-refractivity contribution < 1.29 is 4.74 Å². The van der Waals surface area contributed by atoms with Crippen molar-refractivity contribution in [2.45, 2.75) is 0 Å². The van der Waals surface area contributed by atoms with Crippen molar-refractivity contribution in [1.82, 2.24) is 0 Å².